The smallest absolute Gasteiger partial charge is 0.229 e. The first-order valence-electron chi connectivity index (χ1n) is 10.2. The van der Waals surface area contributed by atoms with E-state index in [2.05, 4.69) is 15.3 Å². The van der Waals surface area contributed by atoms with Crippen LogP contribution in [0.3, 0.4) is 0 Å². The third-order valence-corrected chi connectivity index (χ3v) is 5.86. The zero-order chi connectivity index (χ0) is 21.3. The first kappa shape index (κ1) is 20.0. The van der Waals surface area contributed by atoms with E-state index in [0.29, 0.717) is 24.2 Å². The molecule has 152 valence electrons. The van der Waals surface area contributed by atoms with Gasteiger partial charge in [0.15, 0.2) is 5.78 Å². The summed E-state index contributed by atoms with van der Waals surface area (Å²) in [5, 5.41) is 2.89. The third-order valence-electron chi connectivity index (χ3n) is 5.86. The van der Waals surface area contributed by atoms with Crippen LogP contribution < -0.4 is 5.32 Å². The number of Topliss-reactive ketones (excluding diaryl/α,β-unsaturated/α-hetero) is 1. The zero-order valence-electron chi connectivity index (χ0n) is 17.5. The first-order valence-corrected chi connectivity index (χ1v) is 10.2. The zero-order valence-corrected chi connectivity index (χ0v) is 17.5. The van der Waals surface area contributed by atoms with E-state index in [0.717, 1.165) is 28.1 Å². The molecule has 1 atom stereocenters. The van der Waals surface area contributed by atoms with E-state index in [1.165, 1.54) is 0 Å². The number of aromatic nitrogens is 2. The quantitative estimate of drug-likeness (QED) is 0.707. The monoisotopic (exact) mass is 399 g/mol. The molecule has 2 aromatic heterocycles. The topological polar surface area (TPSA) is 72.0 Å². The van der Waals surface area contributed by atoms with E-state index in [9.17, 15) is 9.59 Å². The van der Waals surface area contributed by atoms with Crippen molar-refractivity contribution >= 4 is 17.5 Å². The number of rotatable bonds is 4. The summed E-state index contributed by atoms with van der Waals surface area (Å²) >= 11 is 0. The Bertz CT molecular complexity index is 1110. The van der Waals surface area contributed by atoms with E-state index in [1.54, 1.807) is 12.3 Å². The van der Waals surface area contributed by atoms with Crippen LogP contribution in [-0.4, -0.2) is 21.7 Å². The molecular weight excluding hydrogens is 374 g/mol. The van der Waals surface area contributed by atoms with Crippen LogP contribution in [0.4, 0.5) is 5.82 Å². The molecule has 4 rings (SSSR count). The predicted molar refractivity (Wildman–Crippen MR) is 117 cm³/mol. The summed E-state index contributed by atoms with van der Waals surface area (Å²) in [7, 11) is 0. The van der Waals surface area contributed by atoms with Crippen molar-refractivity contribution in [2.24, 2.45) is 0 Å². The third kappa shape index (κ3) is 3.75. The number of anilines is 1. The van der Waals surface area contributed by atoms with Crippen LogP contribution in [0.25, 0.3) is 0 Å². The van der Waals surface area contributed by atoms with Crippen LogP contribution in [-0.2, 0) is 23.1 Å². The Morgan fingerprint density at radius 1 is 1.13 bits per heavy atom. The number of amides is 1. The fraction of sp³-hybridized carbons (Fsp3) is 0.280. The van der Waals surface area contributed by atoms with Crippen molar-refractivity contribution in [2.45, 2.75) is 45.4 Å². The Kier molecular flexibility index (Phi) is 5.20. The second-order valence-electron chi connectivity index (χ2n) is 8.23. The van der Waals surface area contributed by atoms with Gasteiger partial charge in [0.25, 0.3) is 0 Å². The Hall–Kier alpha value is -3.34. The van der Waals surface area contributed by atoms with Gasteiger partial charge in [0.1, 0.15) is 5.82 Å². The molecule has 1 aromatic carbocycles. The van der Waals surface area contributed by atoms with Gasteiger partial charge in [0, 0.05) is 11.8 Å². The van der Waals surface area contributed by atoms with Gasteiger partial charge in [-0.05, 0) is 62.9 Å². The summed E-state index contributed by atoms with van der Waals surface area (Å²) in [5.41, 5.74) is 4.48. The molecule has 5 heteroatoms. The van der Waals surface area contributed by atoms with Crippen molar-refractivity contribution in [2.75, 3.05) is 5.32 Å². The Morgan fingerprint density at radius 2 is 1.90 bits per heavy atom. The van der Waals surface area contributed by atoms with Crippen molar-refractivity contribution in [3.05, 3.63) is 88.4 Å². The molecule has 1 aliphatic rings. The summed E-state index contributed by atoms with van der Waals surface area (Å²) in [6.45, 7) is 5.87. The molecule has 0 radical (unpaired) electrons. The van der Waals surface area contributed by atoms with Crippen molar-refractivity contribution in [1.29, 1.82) is 0 Å². The van der Waals surface area contributed by atoms with E-state index in [-0.39, 0.29) is 18.1 Å². The number of ketones is 1. The normalized spacial score (nSPS) is 18.0. The number of hydrogen-bond acceptors (Lipinski definition) is 4. The number of carbonyl (C=O) groups excluding carboxylic acids is 2. The minimum absolute atomic E-state index is 0.0463. The number of fused-ring (bicyclic) bond motifs is 1. The average Bonchev–Trinajstić information content (AvgIpc) is 2.73. The van der Waals surface area contributed by atoms with Gasteiger partial charge in [-0.15, -0.1) is 0 Å². The molecule has 1 amide bonds. The molecule has 0 saturated heterocycles. The summed E-state index contributed by atoms with van der Waals surface area (Å²) in [6, 6.07) is 15.4. The van der Waals surface area contributed by atoms with Crippen molar-refractivity contribution in [3.63, 3.8) is 0 Å². The standard InChI is InChI=1S/C25H25N3O2/c1-16-7-9-18(10-8-16)15-22(29)28-21-14-17(2)23-19(27-21)11-12-25(3,24(23)30)20-6-4-5-13-26-20/h4-10,13-14H,11-12,15H2,1-3H3,(H,27,28,29). The lowest BCUT2D eigenvalue weighted by Gasteiger charge is -2.33. The summed E-state index contributed by atoms with van der Waals surface area (Å²) in [4.78, 5) is 34.9. The van der Waals surface area contributed by atoms with Crippen molar-refractivity contribution in [3.8, 4) is 0 Å². The van der Waals surface area contributed by atoms with Crippen LogP contribution >= 0.6 is 0 Å². The van der Waals surface area contributed by atoms with Gasteiger partial charge in [-0.2, -0.15) is 0 Å². The number of pyridine rings is 2. The maximum atomic E-state index is 13.4. The SMILES string of the molecule is Cc1ccc(CC(=O)Nc2cc(C)c3c(n2)CCC(C)(c2ccccn2)C3=O)cc1. The lowest BCUT2D eigenvalue weighted by molar-refractivity contribution is -0.115. The van der Waals surface area contributed by atoms with Crippen LogP contribution in [0.15, 0.2) is 54.7 Å². The summed E-state index contributed by atoms with van der Waals surface area (Å²) in [6.07, 6.45) is 3.32. The second-order valence-corrected chi connectivity index (χ2v) is 8.23. The highest BCUT2D eigenvalue weighted by molar-refractivity contribution is 6.06. The van der Waals surface area contributed by atoms with Gasteiger partial charge >= 0.3 is 0 Å². The van der Waals surface area contributed by atoms with E-state index in [4.69, 9.17) is 0 Å². The predicted octanol–water partition coefficient (Wildman–Crippen LogP) is 4.36. The fourth-order valence-corrected chi connectivity index (χ4v) is 4.06. The molecule has 1 N–H and O–H groups in total. The van der Waals surface area contributed by atoms with Crippen LogP contribution in [0, 0.1) is 13.8 Å². The lowest BCUT2D eigenvalue weighted by Crippen LogP contribution is -2.39. The maximum Gasteiger partial charge on any atom is 0.229 e. The highest BCUT2D eigenvalue weighted by Gasteiger charge is 2.42. The molecule has 0 saturated carbocycles. The van der Waals surface area contributed by atoms with Gasteiger partial charge < -0.3 is 5.32 Å². The van der Waals surface area contributed by atoms with Crippen molar-refractivity contribution in [1.82, 2.24) is 9.97 Å². The van der Waals surface area contributed by atoms with Crippen LogP contribution in [0.1, 0.15) is 51.8 Å². The molecule has 0 fully saturated rings. The van der Waals surface area contributed by atoms with Crippen molar-refractivity contribution < 1.29 is 9.59 Å². The first-order chi connectivity index (χ1) is 14.4. The number of carbonyl (C=O) groups is 2. The van der Waals surface area contributed by atoms with Crippen LogP contribution in [0.5, 0.6) is 0 Å². The number of benzene rings is 1. The fourth-order valence-electron chi connectivity index (χ4n) is 4.06. The van der Waals surface area contributed by atoms with E-state index in [1.807, 2.05) is 63.2 Å². The van der Waals surface area contributed by atoms with E-state index >= 15 is 0 Å². The van der Waals surface area contributed by atoms with Gasteiger partial charge in [-0.3, -0.25) is 14.6 Å². The highest BCUT2D eigenvalue weighted by atomic mass is 16.1. The minimum Gasteiger partial charge on any atom is -0.310 e. The van der Waals surface area contributed by atoms with Gasteiger partial charge in [-0.1, -0.05) is 35.9 Å². The number of nitrogens with one attached hydrogen (secondary N) is 1. The van der Waals surface area contributed by atoms with Gasteiger partial charge in [0.05, 0.1) is 23.2 Å². The molecule has 3 aromatic rings. The molecule has 0 aliphatic heterocycles. The molecule has 1 unspecified atom stereocenters. The summed E-state index contributed by atoms with van der Waals surface area (Å²) in [5.74, 6) is 0.425. The molecular formula is C25H25N3O2. The Balaban J connectivity index is 1.56. The average molecular weight is 399 g/mol. The molecule has 30 heavy (non-hydrogen) atoms. The lowest BCUT2D eigenvalue weighted by atomic mass is 9.70. The maximum absolute atomic E-state index is 13.4. The molecule has 1 aliphatic carbocycles. The number of hydrogen-bond donors (Lipinski definition) is 1. The molecule has 0 spiro atoms. The Labute approximate surface area is 176 Å². The van der Waals surface area contributed by atoms with Gasteiger partial charge in [0.2, 0.25) is 5.91 Å². The van der Waals surface area contributed by atoms with Gasteiger partial charge in [-0.25, -0.2) is 4.98 Å². The molecule has 0 bridgehead atoms. The van der Waals surface area contributed by atoms with Crippen LogP contribution in [0.2, 0.25) is 0 Å². The second kappa shape index (κ2) is 7.82. The Morgan fingerprint density at radius 3 is 2.60 bits per heavy atom. The summed E-state index contributed by atoms with van der Waals surface area (Å²) < 4.78 is 0. The van der Waals surface area contributed by atoms with E-state index < -0.39 is 5.41 Å². The molecule has 2 heterocycles. The molecule has 5 nitrogen and oxygen atoms in total. The minimum atomic E-state index is -0.656. The highest BCUT2D eigenvalue weighted by Crippen LogP contribution is 2.38. The number of aryl methyl sites for hydroxylation is 3. The largest absolute Gasteiger partial charge is 0.310 e. The number of nitrogens with zero attached hydrogens (tertiary/aromatic N) is 2.